The van der Waals surface area contributed by atoms with E-state index >= 15 is 0 Å². The van der Waals surface area contributed by atoms with E-state index in [1.807, 2.05) is 0 Å². The molecule has 0 saturated carbocycles. The summed E-state index contributed by atoms with van der Waals surface area (Å²) in [7, 11) is 0. The molecule has 0 saturated heterocycles. The van der Waals surface area contributed by atoms with Crippen molar-refractivity contribution in [1.29, 1.82) is 0 Å². The van der Waals surface area contributed by atoms with Crippen molar-refractivity contribution >= 4 is 40.5 Å². The lowest BCUT2D eigenvalue weighted by Gasteiger charge is -2.03. The van der Waals surface area contributed by atoms with Crippen LogP contribution in [0.2, 0.25) is 10.0 Å². The Morgan fingerprint density at radius 1 is 1.25 bits per heavy atom. The molecule has 0 unspecified atom stereocenters. The lowest BCUT2D eigenvalue weighted by molar-refractivity contribution is 0.0697. The minimum Gasteiger partial charge on any atom is -0.478 e. The van der Waals surface area contributed by atoms with Crippen LogP contribution in [-0.4, -0.2) is 11.1 Å². The van der Waals surface area contributed by atoms with Crippen LogP contribution < -0.4 is 0 Å². The number of hydrogen-bond acceptors (Lipinski definition) is 2. The van der Waals surface area contributed by atoms with E-state index in [0.717, 1.165) is 4.88 Å². The fraction of sp³-hybridized carbons (Fsp3) is 0. The van der Waals surface area contributed by atoms with Crippen molar-refractivity contribution in [2.75, 3.05) is 0 Å². The minimum atomic E-state index is -0.953. The second-order valence-electron chi connectivity index (χ2n) is 3.10. The van der Waals surface area contributed by atoms with Gasteiger partial charge in [0, 0.05) is 15.8 Å². The van der Waals surface area contributed by atoms with E-state index in [9.17, 15) is 4.79 Å². The molecule has 1 aromatic carbocycles. The highest BCUT2D eigenvalue weighted by molar-refractivity contribution is 7.14. The van der Waals surface area contributed by atoms with Crippen LogP contribution in [0.15, 0.2) is 29.6 Å². The van der Waals surface area contributed by atoms with Crippen LogP contribution in [0.1, 0.15) is 10.4 Å². The van der Waals surface area contributed by atoms with Gasteiger partial charge in [0.15, 0.2) is 0 Å². The number of carboxylic acid groups (broad SMARTS) is 1. The fourth-order valence-electron chi connectivity index (χ4n) is 1.31. The van der Waals surface area contributed by atoms with Crippen LogP contribution in [0.25, 0.3) is 10.4 Å². The average molecular weight is 273 g/mol. The van der Waals surface area contributed by atoms with Crippen LogP contribution >= 0.6 is 34.5 Å². The molecule has 16 heavy (non-hydrogen) atoms. The van der Waals surface area contributed by atoms with Crippen molar-refractivity contribution in [3.05, 3.63) is 45.3 Å². The maximum atomic E-state index is 10.8. The number of halogens is 2. The van der Waals surface area contributed by atoms with Crippen molar-refractivity contribution < 1.29 is 9.90 Å². The Kier molecular flexibility index (Phi) is 3.19. The molecule has 0 radical (unpaired) electrons. The van der Waals surface area contributed by atoms with Crippen LogP contribution in [-0.2, 0) is 0 Å². The van der Waals surface area contributed by atoms with E-state index in [2.05, 4.69) is 0 Å². The Morgan fingerprint density at radius 2 is 1.88 bits per heavy atom. The number of hydrogen-bond donors (Lipinski definition) is 1. The topological polar surface area (TPSA) is 37.3 Å². The van der Waals surface area contributed by atoms with E-state index in [1.54, 1.807) is 29.6 Å². The predicted octanol–water partition coefficient (Wildman–Crippen LogP) is 4.42. The molecule has 0 spiro atoms. The monoisotopic (exact) mass is 272 g/mol. The average Bonchev–Trinajstić information content (AvgIpc) is 2.66. The van der Waals surface area contributed by atoms with Gasteiger partial charge in [-0.2, -0.15) is 0 Å². The lowest BCUT2D eigenvalue weighted by Crippen LogP contribution is -1.91. The number of benzene rings is 1. The first-order valence-corrected chi connectivity index (χ1v) is 5.99. The molecule has 82 valence electrons. The lowest BCUT2D eigenvalue weighted by atomic mass is 10.1. The largest absolute Gasteiger partial charge is 0.478 e. The van der Waals surface area contributed by atoms with E-state index in [1.165, 1.54) is 11.3 Å². The van der Waals surface area contributed by atoms with Crippen molar-refractivity contribution in [3.63, 3.8) is 0 Å². The Morgan fingerprint density at radius 3 is 2.38 bits per heavy atom. The van der Waals surface area contributed by atoms with Crippen molar-refractivity contribution in [1.82, 2.24) is 0 Å². The molecule has 2 rings (SSSR count). The van der Waals surface area contributed by atoms with Crippen molar-refractivity contribution in [3.8, 4) is 10.4 Å². The first-order valence-electron chi connectivity index (χ1n) is 4.36. The Hall–Kier alpha value is -1.03. The zero-order valence-electron chi connectivity index (χ0n) is 7.91. The number of aromatic carboxylic acids is 1. The van der Waals surface area contributed by atoms with Crippen LogP contribution in [0.5, 0.6) is 0 Å². The Labute approximate surface area is 106 Å². The second-order valence-corrected chi connectivity index (χ2v) is 4.83. The highest BCUT2D eigenvalue weighted by Crippen LogP contribution is 2.37. The fourth-order valence-corrected chi connectivity index (χ4v) is 2.98. The van der Waals surface area contributed by atoms with Crippen LogP contribution in [0, 0.1) is 0 Å². The molecule has 0 amide bonds. The van der Waals surface area contributed by atoms with Gasteiger partial charge in [-0.15, -0.1) is 11.3 Å². The maximum absolute atomic E-state index is 10.8. The number of carbonyl (C=O) groups is 1. The summed E-state index contributed by atoms with van der Waals surface area (Å²) >= 11 is 13.4. The summed E-state index contributed by atoms with van der Waals surface area (Å²) in [6.07, 6.45) is 0. The van der Waals surface area contributed by atoms with E-state index in [-0.39, 0.29) is 5.56 Å². The van der Waals surface area contributed by atoms with E-state index in [4.69, 9.17) is 28.3 Å². The Balaban J connectivity index is 2.54. The summed E-state index contributed by atoms with van der Waals surface area (Å²) in [5.41, 5.74) is 0.930. The van der Waals surface area contributed by atoms with Gasteiger partial charge in [-0.3, -0.25) is 0 Å². The maximum Gasteiger partial charge on any atom is 0.336 e. The summed E-state index contributed by atoms with van der Waals surface area (Å²) in [4.78, 5) is 11.5. The summed E-state index contributed by atoms with van der Waals surface area (Å²) in [6, 6.07) is 6.77. The van der Waals surface area contributed by atoms with Gasteiger partial charge in [0.1, 0.15) is 0 Å². The first-order chi connectivity index (χ1) is 7.59. The molecule has 1 heterocycles. The minimum absolute atomic E-state index is 0.246. The van der Waals surface area contributed by atoms with Gasteiger partial charge < -0.3 is 5.11 Å². The highest BCUT2D eigenvalue weighted by atomic mass is 35.5. The summed E-state index contributed by atoms with van der Waals surface area (Å²) in [5, 5.41) is 11.4. The van der Waals surface area contributed by atoms with Crippen LogP contribution in [0.3, 0.4) is 0 Å². The van der Waals surface area contributed by atoms with Crippen LogP contribution in [0.4, 0.5) is 0 Å². The highest BCUT2D eigenvalue weighted by Gasteiger charge is 2.13. The van der Waals surface area contributed by atoms with Gasteiger partial charge in [-0.05, 0) is 18.2 Å². The molecule has 2 aromatic rings. The van der Waals surface area contributed by atoms with Gasteiger partial charge in [-0.1, -0.05) is 29.3 Å². The molecule has 1 aromatic heterocycles. The van der Waals surface area contributed by atoms with Crippen molar-refractivity contribution in [2.45, 2.75) is 0 Å². The third kappa shape index (κ3) is 2.07. The molecule has 0 fully saturated rings. The summed E-state index contributed by atoms with van der Waals surface area (Å²) in [6.45, 7) is 0. The standard InChI is InChI=1S/C11H6Cl2O2S/c12-7-2-1-3-8(13)10(7)9-4-6(5-16-9)11(14)15/h1-5H,(H,14,15). The number of carboxylic acids is 1. The van der Waals surface area contributed by atoms with Gasteiger partial charge in [0.2, 0.25) is 0 Å². The molecule has 0 bridgehead atoms. The molecule has 0 aliphatic carbocycles. The normalized spacial score (nSPS) is 10.4. The molecule has 5 heteroatoms. The van der Waals surface area contributed by atoms with Gasteiger partial charge >= 0.3 is 5.97 Å². The molecule has 0 aliphatic heterocycles. The second kappa shape index (κ2) is 4.45. The SMILES string of the molecule is O=C(O)c1csc(-c2c(Cl)cccc2Cl)c1. The van der Waals surface area contributed by atoms with E-state index in [0.29, 0.717) is 15.6 Å². The van der Waals surface area contributed by atoms with Gasteiger partial charge in [0.05, 0.1) is 15.6 Å². The third-order valence-corrected chi connectivity index (χ3v) is 3.63. The number of thiophene rings is 1. The molecule has 0 atom stereocenters. The quantitative estimate of drug-likeness (QED) is 0.879. The molecule has 2 nitrogen and oxygen atoms in total. The molecular weight excluding hydrogens is 267 g/mol. The zero-order chi connectivity index (χ0) is 11.7. The molecule has 1 N–H and O–H groups in total. The zero-order valence-corrected chi connectivity index (χ0v) is 10.2. The predicted molar refractivity (Wildman–Crippen MR) is 66.7 cm³/mol. The summed E-state index contributed by atoms with van der Waals surface area (Å²) < 4.78 is 0. The Bertz CT molecular complexity index is 528. The molecule has 0 aliphatic rings. The van der Waals surface area contributed by atoms with Crippen molar-refractivity contribution in [2.24, 2.45) is 0 Å². The molecular formula is C11H6Cl2O2S. The summed E-state index contributed by atoms with van der Waals surface area (Å²) in [5.74, 6) is -0.953. The van der Waals surface area contributed by atoms with Gasteiger partial charge in [0.25, 0.3) is 0 Å². The smallest absolute Gasteiger partial charge is 0.336 e. The third-order valence-electron chi connectivity index (χ3n) is 2.06. The van der Waals surface area contributed by atoms with Gasteiger partial charge in [-0.25, -0.2) is 4.79 Å². The number of rotatable bonds is 2. The van der Waals surface area contributed by atoms with E-state index < -0.39 is 5.97 Å². The first kappa shape index (κ1) is 11.5.